The third-order valence-corrected chi connectivity index (χ3v) is 1.61. The zero-order valence-corrected chi connectivity index (χ0v) is 7.08. The van der Waals surface area contributed by atoms with E-state index in [-0.39, 0.29) is 17.1 Å². The molecule has 0 spiro atoms. The van der Waals surface area contributed by atoms with E-state index in [9.17, 15) is 9.90 Å². The minimum atomic E-state index is -1.38. The lowest BCUT2D eigenvalue weighted by molar-refractivity contribution is 0.0684. The third-order valence-electron chi connectivity index (χ3n) is 1.61. The number of hydrogen-bond acceptors (Lipinski definition) is 5. The van der Waals surface area contributed by atoms with Crippen LogP contribution in [0.5, 0.6) is 5.75 Å². The van der Waals surface area contributed by atoms with Crippen molar-refractivity contribution in [1.29, 1.82) is 0 Å². The molecule has 1 aromatic heterocycles. The average Bonchev–Trinajstić information content (AvgIpc) is 2.17. The molecule has 0 saturated heterocycles. The summed E-state index contributed by atoms with van der Waals surface area (Å²) in [6.45, 7) is -0.635. The fourth-order valence-corrected chi connectivity index (χ4v) is 0.918. The van der Waals surface area contributed by atoms with Crippen molar-refractivity contribution in [2.24, 2.45) is 0 Å². The van der Waals surface area contributed by atoms with E-state index >= 15 is 0 Å². The average molecular weight is 199 g/mol. The Balaban J connectivity index is 3.14. The Morgan fingerprint density at radius 3 is 2.64 bits per heavy atom. The molecule has 0 fully saturated rings. The largest absolute Gasteiger partial charge is 0.506 e. The van der Waals surface area contributed by atoms with Crippen molar-refractivity contribution < 1.29 is 25.2 Å². The van der Waals surface area contributed by atoms with Crippen LogP contribution in [0, 0.1) is 0 Å². The number of pyridine rings is 1. The number of aromatic carboxylic acids is 1. The SMILES string of the molecule is O=C(O)c1ccc(O)c(C(O)CO)n1. The van der Waals surface area contributed by atoms with Crippen LogP contribution in [0.25, 0.3) is 0 Å². The molecule has 76 valence electrons. The Bertz CT molecular complexity index is 352. The molecule has 0 radical (unpaired) electrons. The highest BCUT2D eigenvalue weighted by molar-refractivity contribution is 5.85. The van der Waals surface area contributed by atoms with Crippen molar-refractivity contribution >= 4 is 5.97 Å². The van der Waals surface area contributed by atoms with Gasteiger partial charge >= 0.3 is 5.97 Å². The molecule has 14 heavy (non-hydrogen) atoms. The van der Waals surface area contributed by atoms with Gasteiger partial charge in [-0.3, -0.25) is 0 Å². The Morgan fingerprint density at radius 1 is 1.50 bits per heavy atom. The lowest BCUT2D eigenvalue weighted by Crippen LogP contribution is -2.09. The van der Waals surface area contributed by atoms with Crippen molar-refractivity contribution in [2.45, 2.75) is 6.10 Å². The molecule has 1 atom stereocenters. The summed E-state index contributed by atoms with van der Waals surface area (Å²) in [6, 6.07) is 2.20. The first-order chi connectivity index (χ1) is 6.56. The summed E-state index contributed by atoms with van der Waals surface area (Å²) in [4.78, 5) is 14.0. The molecule has 1 heterocycles. The van der Waals surface area contributed by atoms with E-state index in [1.807, 2.05) is 0 Å². The van der Waals surface area contributed by atoms with Gasteiger partial charge in [0.15, 0.2) is 0 Å². The van der Waals surface area contributed by atoms with Gasteiger partial charge in [-0.15, -0.1) is 0 Å². The van der Waals surface area contributed by atoms with Crippen LogP contribution in [0.4, 0.5) is 0 Å². The second kappa shape index (κ2) is 4.03. The Kier molecular flexibility index (Phi) is 3.00. The van der Waals surface area contributed by atoms with Gasteiger partial charge in [-0.1, -0.05) is 0 Å². The lowest BCUT2D eigenvalue weighted by Gasteiger charge is -2.08. The third kappa shape index (κ3) is 1.98. The van der Waals surface area contributed by atoms with Crippen LogP contribution in [0.3, 0.4) is 0 Å². The zero-order valence-electron chi connectivity index (χ0n) is 7.08. The number of aromatic nitrogens is 1. The van der Waals surface area contributed by atoms with Crippen LogP contribution in [-0.4, -0.2) is 38.0 Å². The number of carboxylic acids is 1. The van der Waals surface area contributed by atoms with Gasteiger partial charge in [-0.05, 0) is 12.1 Å². The van der Waals surface area contributed by atoms with Gasteiger partial charge < -0.3 is 20.4 Å². The van der Waals surface area contributed by atoms with E-state index in [4.69, 9.17) is 15.3 Å². The maximum absolute atomic E-state index is 10.5. The first-order valence-corrected chi connectivity index (χ1v) is 3.78. The molecule has 1 unspecified atom stereocenters. The maximum Gasteiger partial charge on any atom is 0.354 e. The van der Waals surface area contributed by atoms with Gasteiger partial charge in [0.25, 0.3) is 0 Å². The summed E-state index contributed by atoms with van der Waals surface area (Å²) in [5.74, 6) is -1.62. The van der Waals surface area contributed by atoms with Crippen LogP contribution in [0.15, 0.2) is 12.1 Å². The van der Waals surface area contributed by atoms with Gasteiger partial charge in [0.05, 0.1) is 6.61 Å². The molecule has 6 nitrogen and oxygen atoms in total. The molecule has 1 aromatic rings. The second-order valence-corrected chi connectivity index (χ2v) is 2.60. The first-order valence-electron chi connectivity index (χ1n) is 3.78. The predicted molar refractivity (Wildman–Crippen MR) is 44.9 cm³/mol. The number of carboxylic acid groups (broad SMARTS) is 1. The highest BCUT2D eigenvalue weighted by Crippen LogP contribution is 2.21. The summed E-state index contributed by atoms with van der Waals surface area (Å²) < 4.78 is 0. The molecule has 1 rings (SSSR count). The molecule has 6 heteroatoms. The monoisotopic (exact) mass is 199 g/mol. The second-order valence-electron chi connectivity index (χ2n) is 2.60. The van der Waals surface area contributed by atoms with Gasteiger partial charge in [0.2, 0.25) is 0 Å². The fraction of sp³-hybridized carbons (Fsp3) is 0.250. The smallest absolute Gasteiger partial charge is 0.354 e. The molecule has 0 aliphatic heterocycles. The zero-order chi connectivity index (χ0) is 10.7. The minimum Gasteiger partial charge on any atom is -0.506 e. The van der Waals surface area contributed by atoms with Gasteiger partial charge in [-0.2, -0.15) is 0 Å². The molecular formula is C8H9NO5. The van der Waals surface area contributed by atoms with E-state index in [2.05, 4.69) is 4.98 Å². The molecule has 0 aliphatic carbocycles. The number of aromatic hydroxyl groups is 1. The summed E-state index contributed by atoms with van der Waals surface area (Å²) in [7, 11) is 0. The van der Waals surface area contributed by atoms with E-state index in [1.165, 1.54) is 0 Å². The van der Waals surface area contributed by atoms with Crippen LogP contribution < -0.4 is 0 Å². The van der Waals surface area contributed by atoms with Crippen LogP contribution in [0.2, 0.25) is 0 Å². The molecule has 0 amide bonds. The molecule has 0 aromatic carbocycles. The van der Waals surface area contributed by atoms with Crippen LogP contribution in [-0.2, 0) is 0 Å². The van der Waals surface area contributed by atoms with E-state index in [1.54, 1.807) is 0 Å². The highest BCUT2D eigenvalue weighted by Gasteiger charge is 2.15. The van der Waals surface area contributed by atoms with Crippen LogP contribution in [0.1, 0.15) is 22.3 Å². The number of carbonyl (C=O) groups is 1. The fourth-order valence-electron chi connectivity index (χ4n) is 0.918. The van der Waals surface area contributed by atoms with Crippen molar-refractivity contribution in [3.63, 3.8) is 0 Å². The standard InChI is InChI=1S/C8H9NO5/c10-3-6(12)7-5(11)2-1-4(9-7)8(13)14/h1-2,6,10-12H,3H2,(H,13,14). The quantitative estimate of drug-likeness (QED) is 0.522. The highest BCUT2D eigenvalue weighted by atomic mass is 16.4. The molecule has 0 saturated carbocycles. The van der Waals surface area contributed by atoms with Gasteiger partial charge in [0, 0.05) is 0 Å². The van der Waals surface area contributed by atoms with Gasteiger partial charge in [-0.25, -0.2) is 9.78 Å². The maximum atomic E-state index is 10.5. The van der Waals surface area contributed by atoms with Crippen molar-refractivity contribution in [3.05, 3.63) is 23.5 Å². The first kappa shape index (κ1) is 10.4. The van der Waals surface area contributed by atoms with Crippen LogP contribution >= 0.6 is 0 Å². The number of aliphatic hydroxyl groups excluding tert-OH is 2. The summed E-state index contributed by atoms with van der Waals surface area (Å²) >= 11 is 0. The van der Waals surface area contributed by atoms with E-state index in [0.717, 1.165) is 12.1 Å². The Morgan fingerprint density at radius 2 is 2.14 bits per heavy atom. The Hall–Kier alpha value is -1.66. The molecular weight excluding hydrogens is 190 g/mol. The van der Waals surface area contributed by atoms with E-state index < -0.39 is 18.7 Å². The number of aliphatic hydroxyl groups is 2. The predicted octanol–water partition coefficient (Wildman–Crippen LogP) is -0.489. The topological polar surface area (TPSA) is 111 Å². The Labute approximate surface area is 79.1 Å². The minimum absolute atomic E-state index is 0.243. The lowest BCUT2D eigenvalue weighted by atomic mass is 10.2. The van der Waals surface area contributed by atoms with Crippen molar-refractivity contribution in [3.8, 4) is 5.75 Å². The number of hydrogen-bond donors (Lipinski definition) is 4. The van der Waals surface area contributed by atoms with Gasteiger partial charge in [0.1, 0.15) is 23.2 Å². The number of rotatable bonds is 3. The molecule has 0 bridgehead atoms. The number of nitrogens with zero attached hydrogens (tertiary/aromatic N) is 1. The van der Waals surface area contributed by atoms with Crippen molar-refractivity contribution in [1.82, 2.24) is 4.98 Å². The summed E-state index contributed by atoms with van der Waals surface area (Å²) in [5.41, 5.74) is -0.544. The summed E-state index contributed by atoms with van der Waals surface area (Å²) in [6.07, 6.45) is -1.38. The van der Waals surface area contributed by atoms with E-state index in [0.29, 0.717) is 0 Å². The summed E-state index contributed by atoms with van der Waals surface area (Å²) in [5, 5.41) is 35.5. The molecule has 4 N–H and O–H groups in total. The van der Waals surface area contributed by atoms with Crippen molar-refractivity contribution in [2.75, 3.05) is 6.61 Å². The molecule has 0 aliphatic rings. The normalized spacial score (nSPS) is 12.4.